The molecule has 0 aliphatic heterocycles. The summed E-state index contributed by atoms with van der Waals surface area (Å²) < 4.78 is 0.578. The van der Waals surface area contributed by atoms with Crippen LogP contribution in [0.3, 0.4) is 0 Å². The molecule has 0 atom stereocenters. The monoisotopic (exact) mass is 184 g/mol. The van der Waals surface area contributed by atoms with Gasteiger partial charge in [0.25, 0.3) is 0 Å². The summed E-state index contributed by atoms with van der Waals surface area (Å²) in [6.45, 7) is 0. The summed E-state index contributed by atoms with van der Waals surface area (Å²) in [5.41, 5.74) is 0. The second-order valence-corrected chi connectivity index (χ2v) is 2.84. The van der Waals surface area contributed by atoms with Gasteiger partial charge in [-0.1, -0.05) is 22.9 Å². The van der Waals surface area contributed by atoms with E-state index in [-0.39, 0.29) is 12.4 Å². The van der Waals surface area contributed by atoms with Crippen LogP contribution in [0.1, 0.15) is 0 Å². The lowest BCUT2D eigenvalue weighted by atomic mass is 10.8. The highest BCUT2D eigenvalue weighted by atomic mass is 35.5. The van der Waals surface area contributed by atoms with Gasteiger partial charge in [-0.05, 0) is 0 Å². The first kappa shape index (κ1) is 9.01. The van der Waals surface area contributed by atoms with Crippen molar-refractivity contribution in [3.63, 3.8) is 0 Å². The molecule has 0 amide bonds. The maximum atomic E-state index is 5.51. The zero-order valence-electron chi connectivity index (χ0n) is 4.72. The third-order valence-corrected chi connectivity index (χ3v) is 1.86. The number of thiazole rings is 1. The zero-order valence-corrected chi connectivity index (χ0v) is 7.11. The van der Waals surface area contributed by atoms with Crippen LogP contribution >= 0.6 is 35.3 Å². The highest BCUT2D eigenvalue weighted by Crippen LogP contribution is 2.21. The predicted octanol–water partition coefficient (Wildman–Crippen LogP) is 2.26. The van der Waals surface area contributed by atoms with Crippen molar-refractivity contribution < 1.29 is 0 Å². The summed E-state index contributed by atoms with van der Waals surface area (Å²) in [7, 11) is 1.84. The highest BCUT2D eigenvalue weighted by Gasteiger charge is 1.92. The number of aromatic nitrogens is 1. The van der Waals surface area contributed by atoms with Gasteiger partial charge < -0.3 is 5.32 Å². The molecular formula is C4H6Cl2N2S. The van der Waals surface area contributed by atoms with Crippen molar-refractivity contribution in [2.45, 2.75) is 0 Å². The minimum atomic E-state index is 0. The molecule has 5 heteroatoms. The lowest BCUT2D eigenvalue weighted by Gasteiger charge is -1.84. The van der Waals surface area contributed by atoms with Crippen LogP contribution in [-0.2, 0) is 0 Å². The van der Waals surface area contributed by atoms with E-state index in [0.717, 1.165) is 5.00 Å². The Balaban J connectivity index is 0.000000640. The number of halogens is 2. The third kappa shape index (κ3) is 2.39. The summed E-state index contributed by atoms with van der Waals surface area (Å²) in [5, 5.41) is 3.91. The number of hydrogen-bond acceptors (Lipinski definition) is 3. The Labute approximate surface area is 68.7 Å². The molecule has 0 radical (unpaired) electrons. The topological polar surface area (TPSA) is 24.9 Å². The van der Waals surface area contributed by atoms with E-state index in [1.807, 2.05) is 7.05 Å². The van der Waals surface area contributed by atoms with Crippen LogP contribution in [0.2, 0.25) is 4.47 Å². The quantitative estimate of drug-likeness (QED) is 0.725. The Bertz CT molecular complexity index is 177. The molecule has 52 valence electrons. The van der Waals surface area contributed by atoms with Crippen LogP contribution in [0.4, 0.5) is 5.00 Å². The molecule has 0 aromatic carbocycles. The molecule has 2 nitrogen and oxygen atoms in total. The molecule has 0 unspecified atom stereocenters. The molecule has 1 N–H and O–H groups in total. The number of rotatable bonds is 1. The first-order chi connectivity index (χ1) is 3.83. The SMILES string of the molecule is CNc1cnc(Cl)s1.Cl. The van der Waals surface area contributed by atoms with Crippen LogP contribution in [0.5, 0.6) is 0 Å². The van der Waals surface area contributed by atoms with E-state index < -0.39 is 0 Å². The number of nitrogens with zero attached hydrogens (tertiary/aromatic N) is 1. The largest absolute Gasteiger partial charge is 0.379 e. The van der Waals surface area contributed by atoms with Crippen LogP contribution in [0.25, 0.3) is 0 Å². The Morgan fingerprint density at radius 1 is 1.78 bits per heavy atom. The van der Waals surface area contributed by atoms with Crippen molar-refractivity contribution in [3.05, 3.63) is 10.7 Å². The van der Waals surface area contributed by atoms with Crippen molar-refractivity contribution in [3.8, 4) is 0 Å². The van der Waals surface area contributed by atoms with Gasteiger partial charge in [0.05, 0.1) is 6.20 Å². The van der Waals surface area contributed by atoms with Crippen LogP contribution in [0, 0.1) is 0 Å². The van der Waals surface area contributed by atoms with Crippen molar-refractivity contribution in [2.75, 3.05) is 12.4 Å². The molecule has 0 spiro atoms. The van der Waals surface area contributed by atoms with Crippen molar-refractivity contribution >= 4 is 40.3 Å². The lowest BCUT2D eigenvalue weighted by Crippen LogP contribution is -1.80. The Kier molecular flexibility index (Phi) is 3.93. The molecule has 0 aliphatic rings. The minimum Gasteiger partial charge on any atom is -0.379 e. The van der Waals surface area contributed by atoms with Crippen LogP contribution in [0.15, 0.2) is 6.20 Å². The fourth-order valence-corrected chi connectivity index (χ4v) is 1.16. The van der Waals surface area contributed by atoms with E-state index in [1.54, 1.807) is 6.20 Å². The molecule has 1 heterocycles. The van der Waals surface area contributed by atoms with Gasteiger partial charge in [-0.3, -0.25) is 0 Å². The summed E-state index contributed by atoms with van der Waals surface area (Å²) in [4.78, 5) is 3.81. The normalized spacial score (nSPS) is 8.22. The Morgan fingerprint density at radius 3 is 2.67 bits per heavy atom. The van der Waals surface area contributed by atoms with Gasteiger partial charge in [0, 0.05) is 7.05 Å². The van der Waals surface area contributed by atoms with Gasteiger partial charge >= 0.3 is 0 Å². The molecule has 9 heavy (non-hydrogen) atoms. The van der Waals surface area contributed by atoms with Gasteiger partial charge in [0.15, 0.2) is 4.47 Å². The second kappa shape index (κ2) is 3.93. The minimum absolute atomic E-state index is 0. The molecule has 1 aromatic rings. The van der Waals surface area contributed by atoms with E-state index in [4.69, 9.17) is 11.6 Å². The fraction of sp³-hybridized carbons (Fsp3) is 0.250. The third-order valence-electron chi connectivity index (χ3n) is 0.724. The van der Waals surface area contributed by atoms with Gasteiger partial charge in [-0.2, -0.15) is 0 Å². The molecule has 0 fully saturated rings. The number of hydrogen-bond donors (Lipinski definition) is 1. The van der Waals surface area contributed by atoms with E-state index in [9.17, 15) is 0 Å². The average molecular weight is 185 g/mol. The van der Waals surface area contributed by atoms with E-state index in [1.165, 1.54) is 11.3 Å². The molecule has 0 aliphatic carbocycles. The molecule has 0 bridgehead atoms. The maximum Gasteiger partial charge on any atom is 0.185 e. The standard InChI is InChI=1S/C4H5ClN2S.ClH/c1-6-3-2-7-4(5)8-3;/h2,6H,1H3;1H. The Hall–Kier alpha value is 0.01000. The average Bonchev–Trinajstić information content (AvgIpc) is 2.14. The van der Waals surface area contributed by atoms with Crippen molar-refractivity contribution in [1.29, 1.82) is 0 Å². The molecule has 0 saturated carbocycles. The van der Waals surface area contributed by atoms with E-state index in [2.05, 4.69) is 10.3 Å². The fourth-order valence-electron chi connectivity index (χ4n) is 0.368. The van der Waals surface area contributed by atoms with Crippen molar-refractivity contribution in [1.82, 2.24) is 4.98 Å². The summed E-state index contributed by atoms with van der Waals surface area (Å²) in [5.74, 6) is 0. The summed E-state index contributed by atoms with van der Waals surface area (Å²) in [6.07, 6.45) is 1.70. The number of nitrogens with one attached hydrogen (secondary N) is 1. The number of anilines is 1. The second-order valence-electron chi connectivity index (χ2n) is 1.23. The summed E-state index contributed by atoms with van der Waals surface area (Å²) >= 11 is 6.94. The molecular weight excluding hydrogens is 179 g/mol. The first-order valence-electron chi connectivity index (χ1n) is 2.12. The summed E-state index contributed by atoms with van der Waals surface area (Å²) in [6, 6.07) is 0. The molecule has 0 saturated heterocycles. The predicted molar refractivity (Wildman–Crippen MR) is 43.9 cm³/mol. The zero-order chi connectivity index (χ0) is 5.98. The first-order valence-corrected chi connectivity index (χ1v) is 3.31. The lowest BCUT2D eigenvalue weighted by molar-refractivity contribution is 1.41. The van der Waals surface area contributed by atoms with Crippen LogP contribution < -0.4 is 5.32 Å². The van der Waals surface area contributed by atoms with Crippen molar-refractivity contribution in [2.24, 2.45) is 0 Å². The molecule has 1 rings (SSSR count). The van der Waals surface area contributed by atoms with Gasteiger partial charge in [-0.25, -0.2) is 4.98 Å². The van der Waals surface area contributed by atoms with Gasteiger partial charge in [0.2, 0.25) is 0 Å². The smallest absolute Gasteiger partial charge is 0.185 e. The van der Waals surface area contributed by atoms with Crippen LogP contribution in [-0.4, -0.2) is 12.0 Å². The highest BCUT2D eigenvalue weighted by molar-refractivity contribution is 7.19. The van der Waals surface area contributed by atoms with Gasteiger partial charge in [-0.15, -0.1) is 12.4 Å². The molecule has 1 aromatic heterocycles. The van der Waals surface area contributed by atoms with E-state index >= 15 is 0 Å². The van der Waals surface area contributed by atoms with Gasteiger partial charge in [0.1, 0.15) is 5.00 Å². The Morgan fingerprint density at radius 2 is 2.44 bits per heavy atom. The maximum absolute atomic E-state index is 5.51. The van der Waals surface area contributed by atoms with E-state index in [0.29, 0.717) is 4.47 Å².